The zero-order valence-corrected chi connectivity index (χ0v) is 11.2. The first kappa shape index (κ1) is 14.0. The van der Waals surface area contributed by atoms with E-state index < -0.39 is 5.97 Å². The van der Waals surface area contributed by atoms with Gasteiger partial charge >= 0.3 is 5.97 Å². The van der Waals surface area contributed by atoms with Crippen LogP contribution >= 0.6 is 0 Å². The highest BCUT2D eigenvalue weighted by Gasteiger charge is 2.19. The summed E-state index contributed by atoms with van der Waals surface area (Å²) in [5.74, 6) is -1.04. The zero-order chi connectivity index (χ0) is 13.7. The van der Waals surface area contributed by atoms with Gasteiger partial charge in [0.2, 0.25) is 0 Å². The molecule has 0 aromatic carbocycles. The SMILES string of the molecule is CCOC1CCN(CCn2cc(C(=O)O)nn2)CC1. The molecular formula is C12H20N4O3. The van der Waals surface area contributed by atoms with Gasteiger partial charge in [0.25, 0.3) is 0 Å². The van der Waals surface area contributed by atoms with Gasteiger partial charge in [-0.1, -0.05) is 5.21 Å². The Balaban J connectivity index is 1.72. The summed E-state index contributed by atoms with van der Waals surface area (Å²) in [6.45, 7) is 6.37. The van der Waals surface area contributed by atoms with Crippen LogP contribution in [0, 0.1) is 0 Å². The van der Waals surface area contributed by atoms with E-state index in [0.29, 0.717) is 12.6 Å². The maximum Gasteiger partial charge on any atom is 0.358 e. The maximum absolute atomic E-state index is 10.7. The van der Waals surface area contributed by atoms with Crippen LogP contribution in [0.1, 0.15) is 30.3 Å². The van der Waals surface area contributed by atoms with Crippen LogP contribution in [0.25, 0.3) is 0 Å². The summed E-state index contributed by atoms with van der Waals surface area (Å²) in [5, 5.41) is 16.1. The molecule has 0 atom stereocenters. The number of aromatic nitrogens is 3. The van der Waals surface area contributed by atoms with E-state index in [1.807, 2.05) is 6.92 Å². The van der Waals surface area contributed by atoms with Crippen LogP contribution in [0.2, 0.25) is 0 Å². The van der Waals surface area contributed by atoms with E-state index in [0.717, 1.165) is 39.1 Å². The number of carbonyl (C=O) groups is 1. The molecule has 1 aromatic rings. The summed E-state index contributed by atoms with van der Waals surface area (Å²) in [7, 11) is 0. The third kappa shape index (κ3) is 4.00. The normalized spacial score (nSPS) is 17.7. The molecule has 19 heavy (non-hydrogen) atoms. The average molecular weight is 268 g/mol. The highest BCUT2D eigenvalue weighted by molar-refractivity contribution is 5.84. The molecule has 0 spiro atoms. The lowest BCUT2D eigenvalue weighted by Crippen LogP contribution is -2.38. The fourth-order valence-electron chi connectivity index (χ4n) is 2.28. The second-order valence-electron chi connectivity index (χ2n) is 4.67. The molecule has 1 saturated heterocycles. The fourth-order valence-corrected chi connectivity index (χ4v) is 2.28. The summed E-state index contributed by atoms with van der Waals surface area (Å²) in [4.78, 5) is 13.0. The van der Waals surface area contributed by atoms with Gasteiger partial charge in [0.05, 0.1) is 18.8 Å². The number of likely N-dealkylation sites (tertiary alicyclic amines) is 1. The molecule has 1 N–H and O–H groups in total. The standard InChI is InChI=1S/C12H20N4O3/c1-2-19-10-3-5-15(6-4-10)7-8-16-9-11(12(17)18)13-14-16/h9-10H,2-8H2,1H3,(H,17,18). The number of carboxylic acid groups (broad SMARTS) is 1. The van der Waals surface area contributed by atoms with Crippen LogP contribution in [0.15, 0.2) is 6.20 Å². The van der Waals surface area contributed by atoms with Crippen LogP contribution < -0.4 is 0 Å². The number of ether oxygens (including phenoxy) is 1. The molecule has 1 aliphatic rings. The number of nitrogens with zero attached hydrogens (tertiary/aromatic N) is 4. The Kier molecular flexibility index (Phi) is 4.86. The van der Waals surface area contributed by atoms with E-state index in [2.05, 4.69) is 15.2 Å². The van der Waals surface area contributed by atoms with Gasteiger partial charge in [-0.05, 0) is 19.8 Å². The number of aromatic carboxylic acids is 1. The topological polar surface area (TPSA) is 80.5 Å². The van der Waals surface area contributed by atoms with Gasteiger partial charge in [0.15, 0.2) is 5.69 Å². The summed E-state index contributed by atoms with van der Waals surface area (Å²) in [6.07, 6.45) is 3.98. The van der Waals surface area contributed by atoms with Crippen molar-refractivity contribution in [3.63, 3.8) is 0 Å². The third-order valence-corrected chi connectivity index (χ3v) is 3.34. The Labute approximate surface area is 112 Å². The summed E-state index contributed by atoms with van der Waals surface area (Å²) < 4.78 is 7.19. The van der Waals surface area contributed by atoms with Crippen LogP contribution in [0.3, 0.4) is 0 Å². The first-order chi connectivity index (χ1) is 9.19. The lowest BCUT2D eigenvalue weighted by atomic mass is 10.1. The predicted octanol–water partition coefficient (Wildman–Crippen LogP) is 0.477. The molecule has 0 unspecified atom stereocenters. The Bertz CT molecular complexity index is 413. The fraction of sp³-hybridized carbons (Fsp3) is 0.750. The van der Waals surface area contributed by atoms with Gasteiger partial charge in [-0.3, -0.25) is 4.68 Å². The van der Waals surface area contributed by atoms with Crippen molar-refractivity contribution in [2.45, 2.75) is 32.4 Å². The number of piperidine rings is 1. The van der Waals surface area contributed by atoms with Gasteiger partial charge in [0.1, 0.15) is 0 Å². The number of rotatable bonds is 6. The van der Waals surface area contributed by atoms with Gasteiger partial charge in [0, 0.05) is 26.2 Å². The molecular weight excluding hydrogens is 248 g/mol. The quantitative estimate of drug-likeness (QED) is 0.808. The van der Waals surface area contributed by atoms with Crippen molar-refractivity contribution in [2.75, 3.05) is 26.2 Å². The first-order valence-electron chi connectivity index (χ1n) is 6.66. The van der Waals surface area contributed by atoms with Crippen molar-refractivity contribution in [1.29, 1.82) is 0 Å². The second kappa shape index (κ2) is 6.63. The predicted molar refractivity (Wildman–Crippen MR) is 68.1 cm³/mol. The molecule has 7 heteroatoms. The molecule has 0 aliphatic carbocycles. The van der Waals surface area contributed by atoms with Crippen LogP contribution in [0.5, 0.6) is 0 Å². The van der Waals surface area contributed by atoms with Crippen LogP contribution in [0.4, 0.5) is 0 Å². The first-order valence-corrected chi connectivity index (χ1v) is 6.66. The number of hydrogen-bond acceptors (Lipinski definition) is 5. The van der Waals surface area contributed by atoms with Gasteiger partial charge in [-0.15, -0.1) is 5.10 Å². The third-order valence-electron chi connectivity index (χ3n) is 3.34. The lowest BCUT2D eigenvalue weighted by molar-refractivity contribution is 0.0134. The van der Waals surface area contributed by atoms with Gasteiger partial charge in [-0.25, -0.2) is 4.79 Å². The van der Waals surface area contributed by atoms with E-state index in [-0.39, 0.29) is 5.69 Å². The van der Waals surface area contributed by atoms with E-state index in [1.165, 1.54) is 6.20 Å². The monoisotopic (exact) mass is 268 g/mol. The molecule has 0 radical (unpaired) electrons. The van der Waals surface area contributed by atoms with E-state index in [4.69, 9.17) is 9.84 Å². The molecule has 7 nitrogen and oxygen atoms in total. The van der Waals surface area contributed by atoms with Crippen molar-refractivity contribution >= 4 is 5.97 Å². The lowest BCUT2D eigenvalue weighted by Gasteiger charge is -2.31. The Morgan fingerprint density at radius 1 is 1.47 bits per heavy atom. The minimum absolute atomic E-state index is 0.00458. The Morgan fingerprint density at radius 2 is 2.21 bits per heavy atom. The van der Waals surface area contributed by atoms with Crippen molar-refractivity contribution in [2.24, 2.45) is 0 Å². The molecule has 1 fully saturated rings. The largest absolute Gasteiger partial charge is 0.476 e. The van der Waals surface area contributed by atoms with E-state index >= 15 is 0 Å². The Hall–Kier alpha value is -1.47. The van der Waals surface area contributed by atoms with E-state index in [9.17, 15) is 4.79 Å². The highest BCUT2D eigenvalue weighted by atomic mass is 16.5. The van der Waals surface area contributed by atoms with Crippen molar-refractivity contribution in [3.05, 3.63) is 11.9 Å². The van der Waals surface area contributed by atoms with Crippen molar-refractivity contribution < 1.29 is 14.6 Å². The highest BCUT2D eigenvalue weighted by Crippen LogP contribution is 2.13. The molecule has 2 rings (SSSR count). The number of carboxylic acids is 1. The summed E-state index contributed by atoms with van der Waals surface area (Å²) in [5.41, 5.74) is -0.00458. The van der Waals surface area contributed by atoms with Crippen LogP contribution in [-0.4, -0.2) is 63.3 Å². The number of hydrogen-bond donors (Lipinski definition) is 1. The molecule has 1 aromatic heterocycles. The maximum atomic E-state index is 10.7. The second-order valence-corrected chi connectivity index (χ2v) is 4.67. The molecule has 1 aliphatic heterocycles. The molecule has 0 amide bonds. The molecule has 0 bridgehead atoms. The summed E-state index contributed by atoms with van der Waals surface area (Å²) >= 11 is 0. The average Bonchev–Trinajstić information content (AvgIpc) is 2.87. The van der Waals surface area contributed by atoms with E-state index in [1.54, 1.807) is 4.68 Å². The molecule has 106 valence electrons. The van der Waals surface area contributed by atoms with Crippen molar-refractivity contribution in [3.8, 4) is 0 Å². The minimum Gasteiger partial charge on any atom is -0.476 e. The molecule has 2 heterocycles. The van der Waals surface area contributed by atoms with Crippen molar-refractivity contribution in [1.82, 2.24) is 19.9 Å². The minimum atomic E-state index is -1.04. The van der Waals surface area contributed by atoms with Gasteiger partial charge in [-0.2, -0.15) is 0 Å². The molecule has 0 saturated carbocycles. The smallest absolute Gasteiger partial charge is 0.358 e. The zero-order valence-electron chi connectivity index (χ0n) is 11.2. The van der Waals surface area contributed by atoms with Gasteiger partial charge < -0.3 is 14.7 Å². The Morgan fingerprint density at radius 3 is 2.79 bits per heavy atom. The van der Waals surface area contributed by atoms with Crippen LogP contribution in [-0.2, 0) is 11.3 Å². The summed E-state index contributed by atoms with van der Waals surface area (Å²) in [6, 6.07) is 0.